The van der Waals surface area contributed by atoms with Gasteiger partial charge in [0.2, 0.25) is 6.54 Å². The number of aryl methyl sites for hydroxylation is 1. The van der Waals surface area contributed by atoms with Gasteiger partial charge in [0.25, 0.3) is 0 Å². The molecular formula is C18H17ClN4O3S. The summed E-state index contributed by atoms with van der Waals surface area (Å²) in [6, 6.07) is 14.5. The molecule has 140 valence electrons. The highest BCUT2D eigenvalue weighted by Gasteiger charge is 2.23. The molecule has 0 N–H and O–H groups in total. The van der Waals surface area contributed by atoms with E-state index in [-0.39, 0.29) is 11.5 Å². The van der Waals surface area contributed by atoms with E-state index in [2.05, 4.69) is 10.2 Å². The molecule has 0 amide bonds. The molecule has 27 heavy (non-hydrogen) atoms. The second kappa shape index (κ2) is 8.41. The average molecular weight is 405 g/mol. The van der Waals surface area contributed by atoms with E-state index in [9.17, 15) is 10.1 Å². The fourth-order valence-electron chi connectivity index (χ4n) is 2.60. The van der Waals surface area contributed by atoms with E-state index in [1.165, 1.54) is 11.8 Å². The standard InChI is InChI=1S/C18H17ClN4O3S/c1-12-20-21-18(23(12)15-7-5-14(19)6-8-15)27-17(11-22(24)25)13-3-9-16(26-2)10-4-13/h3-10,17H,11H2,1-2H3/t17-/m0/s1. The fraction of sp³-hybridized carbons (Fsp3) is 0.222. The zero-order valence-electron chi connectivity index (χ0n) is 14.7. The Morgan fingerprint density at radius 1 is 1.19 bits per heavy atom. The van der Waals surface area contributed by atoms with Crippen LogP contribution < -0.4 is 4.74 Å². The number of aromatic nitrogens is 3. The first-order valence-corrected chi connectivity index (χ1v) is 9.34. The summed E-state index contributed by atoms with van der Waals surface area (Å²) in [6.07, 6.45) is 0. The molecule has 0 radical (unpaired) electrons. The van der Waals surface area contributed by atoms with Crippen molar-refractivity contribution in [2.24, 2.45) is 0 Å². The van der Waals surface area contributed by atoms with Gasteiger partial charge in [0.1, 0.15) is 16.8 Å². The van der Waals surface area contributed by atoms with Crippen molar-refractivity contribution in [3.8, 4) is 11.4 Å². The van der Waals surface area contributed by atoms with Crippen LogP contribution in [0, 0.1) is 17.0 Å². The van der Waals surface area contributed by atoms with Crippen molar-refractivity contribution in [3.63, 3.8) is 0 Å². The van der Waals surface area contributed by atoms with E-state index in [1.807, 2.05) is 35.8 Å². The molecule has 0 aliphatic heterocycles. The Morgan fingerprint density at radius 3 is 2.44 bits per heavy atom. The van der Waals surface area contributed by atoms with E-state index in [0.29, 0.717) is 21.8 Å². The molecule has 0 aliphatic carbocycles. The van der Waals surface area contributed by atoms with E-state index >= 15 is 0 Å². The number of nitrogens with zero attached hydrogens (tertiary/aromatic N) is 4. The molecule has 0 saturated carbocycles. The third kappa shape index (κ3) is 4.58. The number of benzene rings is 2. The number of rotatable bonds is 7. The molecule has 3 aromatic rings. The highest BCUT2D eigenvalue weighted by atomic mass is 35.5. The van der Waals surface area contributed by atoms with Gasteiger partial charge in [-0.05, 0) is 48.9 Å². The van der Waals surface area contributed by atoms with Crippen LogP contribution in [0.15, 0.2) is 53.7 Å². The second-order valence-corrected chi connectivity index (χ2v) is 7.34. The van der Waals surface area contributed by atoms with Crippen molar-refractivity contribution in [2.45, 2.75) is 17.3 Å². The van der Waals surface area contributed by atoms with Gasteiger partial charge in [-0.25, -0.2) is 0 Å². The monoisotopic (exact) mass is 404 g/mol. The Hall–Kier alpha value is -2.58. The van der Waals surface area contributed by atoms with Gasteiger partial charge in [0.15, 0.2) is 5.16 Å². The molecule has 0 unspecified atom stereocenters. The Labute approximate surface area is 165 Å². The zero-order valence-corrected chi connectivity index (χ0v) is 16.3. The summed E-state index contributed by atoms with van der Waals surface area (Å²) in [4.78, 5) is 10.9. The summed E-state index contributed by atoms with van der Waals surface area (Å²) >= 11 is 7.27. The third-order valence-corrected chi connectivity index (χ3v) is 5.36. The van der Waals surface area contributed by atoms with E-state index in [4.69, 9.17) is 16.3 Å². The quantitative estimate of drug-likeness (QED) is 0.331. The number of methoxy groups -OCH3 is 1. The first-order valence-electron chi connectivity index (χ1n) is 8.08. The van der Waals surface area contributed by atoms with Crippen LogP contribution in [0.3, 0.4) is 0 Å². The molecule has 3 rings (SSSR count). The molecule has 1 heterocycles. The summed E-state index contributed by atoms with van der Waals surface area (Å²) in [7, 11) is 1.58. The van der Waals surface area contributed by atoms with Gasteiger partial charge in [-0.15, -0.1) is 10.2 Å². The number of thioether (sulfide) groups is 1. The van der Waals surface area contributed by atoms with Crippen molar-refractivity contribution in [1.29, 1.82) is 0 Å². The smallest absolute Gasteiger partial charge is 0.220 e. The van der Waals surface area contributed by atoms with Gasteiger partial charge in [-0.1, -0.05) is 35.5 Å². The molecular weight excluding hydrogens is 388 g/mol. The average Bonchev–Trinajstić information content (AvgIpc) is 3.02. The van der Waals surface area contributed by atoms with Crippen LogP contribution in [0.5, 0.6) is 5.75 Å². The van der Waals surface area contributed by atoms with Crippen molar-refractivity contribution >= 4 is 23.4 Å². The molecule has 1 aromatic heterocycles. The maximum atomic E-state index is 11.2. The van der Waals surface area contributed by atoms with Crippen LogP contribution in [-0.4, -0.2) is 33.3 Å². The predicted molar refractivity (Wildman–Crippen MR) is 105 cm³/mol. The lowest BCUT2D eigenvalue weighted by Gasteiger charge is -2.14. The number of ether oxygens (including phenoxy) is 1. The Morgan fingerprint density at radius 2 is 1.85 bits per heavy atom. The van der Waals surface area contributed by atoms with Gasteiger partial charge in [-0.3, -0.25) is 14.7 Å². The minimum atomic E-state index is -0.416. The molecule has 0 fully saturated rings. The maximum Gasteiger partial charge on any atom is 0.220 e. The Bertz CT molecular complexity index is 929. The van der Waals surface area contributed by atoms with E-state index in [0.717, 1.165) is 11.3 Å². The summed E-state index contributed by atoms with van der Waals surface area (Å²) in [5.41, 5.74) is 1.67. The first-order chi connectivity index (χ1) is 13.0. The molecule has 0 saturated heterocycles. The van der Waals surface area contributed by atoms with Gasteiger partial charge in [0.05, 0.1) is 7.11 Å². The number of hydrogen-bond acceptors (Lipinski definition) is 6. The lowest BCUT2D eigenvalue weighted by molar-refractivity contribution is -0.479. The normalized spacial score (nSPS) is 12.0. The largest absolute Gasteiger partial charge is 0.497 e. The van der Waals surface area contributed by atoms with Gasteiger partial charge in [0, 0.05) is 15.6 Å². The summed E-state index contributed by atoms with van der Waals surface area (Å²) in [5.74, 6) is 1.39. The van der Waals surface area contributed by atoms with Gasteiger partial charge < -0.3 is 4.74 Å². The molecule has 0 bridgehead atoms. The lowest BCUT2D eigenvalue weighted by Crippen LogP contribution is -2.11. The van der Waals surface area contributed by atoms with E-state index in [1.54, 1.807) is 31.4 Å². The van der Waals surface area contributed by atoms with Gasteiger partial charge >= 0.3 is 0 Å². The second-order valence-electron chi connectivity index (χ2n) is 5.74. The molecule has 2 aromatic carbocycles. The zero-order chi connectivity index (χ0) is 19.4. The number of nitro groups is 1. The Balaban J connectivity index is 1.94. The first kappa shape index (κ1) is 19.2. The Kier molecular flexibility index (Phi) is 5.98. The van der Waals surface area contributed by atoms with Crippen LogP contribution in [-0.2, 0) is 0 Å². The number of halogens is 1. The van der Waals surface area contributed by atoms with Crippen LogP contribution in [0.2, 0.25) is 5.02 Å². The van der Waals surface area contributed by atoms with Crippen LogP contribution in [0.25, 0.3) is 5.69 Å². The summed E-state index contributed by atoms with van der Waals surface area (Å²) in [6.45, 7) is 1.60. The minimum Gasteiger partial charge on any atom is -0.497 e. The van der Waals surface area contributed by atoms with Crippen molar-refractivity contribution in [2.75, 3.05) is 13.7 Å². The third-order valence-electron chi connectivity index (χ3n) is 3.93. The highest BCUT2D eigenvalue weighted by molar-refractivity contribution is 7.99. The summed E-state index contributed by atoms with van der Waals surface area (Å²) < 4.78 is 7.02. The van der Waals surface area contributed by atoms with Crippen molar-refractivity contribution in [3.05, 3.63) is 75.1 Å². The topological polar surface area (TPSA) is 83.1 Å². The SMILES string of the molecule is COc1ccc([C@H](C[N+](=O)[O-])Sc2nnc(C)n2-c2ccc(Cl)cc2)cc1. The van der Waals surface area contributed by atoms with Gasteiger partial charge in [-0.2, -0.15) is 0 Å². The number of hydrogen-bond donors (Lipinski definition) is 0. The lowest BCUT2D eigenvalue weighted by atomic mass is 10.1. The molecule has 7 nitrogen and oxygen atoms in total. The molecule has 9 heteroatoms. The van der Waals surface area contributed by atoms with Crippen LogP contribution >= 0.6 is 23.4 Å². The fourth-order valence-corrected chi connectivity index (χ4v) is 3.90. The minimum absolute atomic E-state index is 0.233. The molecule has 0 spiro atoms. The van der Waals surface area contributed by atoms with Crippen LogP contribution in [0.1, 0.15) is 16.6 Å². The predicted octanol–water partition coefficient (Wildman–Crippen LogP) is 4.35. The summed E-state index contributed by atoms with van der Waals surface area (Å²) in [5, 5.41) is 20.4. The van der Waals surface area contributed by atoms with Crippen molar-refractivity contribution < 1.29 is 9.66 Å². The molecule has 0 aliphatic rings. The molecule has 1 atom stereocenters. The van der Waals surface area contributed by atoms with Crippen molar-refractivity contribution in [1.82, 2.24) is 14.8 Å². The van der Waals surface area contributed by atoms with E-state index < -0.39 is 5.25 Å². The maximum absolute atomic E-state index is 11.2. The van der Waals surface area contributed by atoms with Crippen LogP contribution in [0.4, 0.5) is 0 Å². The highest BCUT2D eigenvalue weighted by Crippen LogP contribution is 2.36.